The number of hydrogen-bond acceptors (Lipinski definition) is 2. The molecule has 2 aromatic carbocycles. The van der Waals surface area contributed by atoms with Crippen molar-refractivity contribution in [3.05, 3.63) is 59.1 Å². The van der Waals surface area contributed by atoms with Gasteiger partial charge in [-0.3, -0.25) is 4.79 Å². The monoisotopic (exact) mass is 245 g/mol. The maximum Gasteiger partial charge on any atom is 0.176 e. The van der Waals surface area contributed by atoms with Gasteiger partial charge in [0.05, 0.1) is 6.54 Å². The van der Waals surface area contributed by atoms with E-state index in [0.29, 0.717) is 10.6 Å². The SMILES string of the molecule is NCC(=O)c1cccc(-c2ccccc2Cl)c1. The molecule has 0 heterocycles. The molecule has 0 radical (unpaired) electrons. The van der Waals surface area contributed by atoms with Crippen molar-refractivity contribution in [3.8, 4) is 11.1 Å². The average Bonchev–Trinajstić information content (AvgIpc) is 2.38. The molecule has 0 saturated carbocycles. The van der Waals surface area contributed by atoms with Gasteiger partial charge in [-0.25, -0.2) is 0 Å². The third-order valence-electron chi connectivity index (χ3n) is 2.55. The van der Waals surface area contributed by atoms with Crippen LogP contribution in [0.15, 0.2) is 48.5 Å². The first-order valence-electron chi connectivity index (χ1n) is 5.30. The van der Waals surface area contributed by atoms with E-state index < -0.39 is 0 Å². The first-order valence-corrected chi connectivity index (χ1v) is 5.68. The summed E-state index contributed by atoms with van der Waals surface area (Å²) in [5, 5.41) is 0.671. The number of carbonyl (C=O) groups is 1. The number of hydrogen-bond donors (Lipinski definition) is 1. The predicted molar refractivity (Wildman–Crippen MR) is 70.3 cm³/mol. The van der Waals surface area contributed by atoms with Gasteiger partial charge in [0.25, 0.3) is 0 Å². The minimum absolute atomic E-state index is 0.0198. The van der Waals surface area contributed by atoms with Gasteiger partial charge >= 0.3 is 0 Å². The number of halogens is 1. The summed E-state index contributed by atoms with van der Waals surface area (Å²) in [6.45, 7) is 0.0198. The number of Topliss-reactive ketones (excluding diaryl/α,β-unsaturated/α-hetero) is 1. The zero-order valence-corrected chi connectivity index (χ0v) is 9.95. The van der Waals surface area contributed by atoms with Crippen LogP contribution in [0.4, 0.5) is 0 Å². The molecule has 0 amide bonds. The van der Waals surface area contributed by atoms with Crippen LogP contribution in [-0.4, -0.2) is 12.3 Å². The summed E-state index contributed by atoms with van der Waals surface area (Å²) in [5.41, 5.74) is 7.81. The maximum atomic E-state index is 11.5. The van der Waals surface area contributed by atoms with Crippen LogP contribution >= 0.6 is 11.6 Å². The first kappa shape index (κ1) is 11.8. The van der Waals surface area contributed by atoms with Crippen molar-refractivity contribution < 1.29 is 4.79 Å². The fourth-order valence-corrected chi connectivity index (χ4v) is 1.92. The van der Waals surface area contributed by atoms with Gasteiger partial charge in [-0.2, -0.15) is 0 Å². The summed E-state index contributed by atoms with van der Waals surface area (Å²) in [7, 11) is 0. The van der Waals surface area contributed by atoms with E-state index in [1.54, 1.807) is 6.07 Å². The molecule has 0 aliphatic heterocycles. The second-order valence-corrected chi connectivity index (χ2v) is 4.10. The zero-order chi connectivity index (χ0) is 12.3. The van der Waals surface area contributed by atoms with E-state index in [1.165, 1.54) is 0 Å². The lowest BCUT2D eigenvalue weighted by atomic mass is 10.0. The molecule has 2 nitrogen and oxygen atoms in total. The normalized spacial score (nSPS) is 10.2. The summed E-state index contributed by atoms with van der Waals surface area (Å²) in [6, 6.07) is 14.9. The summed E-state index contributed by atoms with van der Waals surface area (Å²) in [4.78, 5) is 11.5. The minimum atomic E-state index is -0.0705. The molecule has 0 aromatic heterocycles. The molecule has 2 aromatic rings. The lowest BCUT2D eigenvalue weighted by molar-refractivity contribution is 0.100. The van der Waals surface area contributed by atoms with E-state index >= 15 is 0 Å². The van der Waals surface area contributed by atoms with Crippen LogP contribution in [-0.2, 0) is 0 Å². The van der Waals surface area contributed by atoms with E-state index in [-0.39, 0.29) is 12.3 Å². The molecule has 2 rings (SSSR count). The van der Waals surface area contributed by atoms with Crippen molar-refractivity contribution >= 4 is 17.4 Å². The van der Waals surface area contributed by atoms with Crippen LogP contribution in [0.2, 0.25) is 5.02 Å². The summed E-state index contributed by atoms with van der Waals surface area (Å²) >= 11 is 6.11. The molecule has 0 fully saturated rings. The van der Waals surface area contributed by atoms with Crippen molar-refractivity contribution in [2.24, 2.45) is 5.73 Å². The number of ketones is 1. The predicted octanol–water partition coefficient (Wildman–Crippen LogP) is 3.15. The van der Waals surface area contributed by atoms with E-state index in [1.807, 2.05) is 42.5 Å². The smallest absolute Gasteiger partial charge is 0.176 e. The lowest BCUT2D eigenvalue weighted by Crippen LogP contribution is -2.13. The number of rotatable bonds is 3. The van der Waals surface area contributed by atoms with Gasteiger partial charge in [0.2, 0.25) is 0 Å². The molecule has 3 heteroatoms. The Labute approximate surface area is 105 Å². The lowest BCUT2D eigenvalue weighted by Gasteiger charge is -2.06. The molecule has 0 bridgehead atoms. The minimum Gasteiger partial charge on any atom is -0.324 e. The van der Waals surface area contributed by atoms with Crippen LogP contribution in [0.25, 0.3) is 11.1 Å². The average molecular weight is 246 g/mol. The van der Waals surface area contributed by atoms with E-state index in [9.17, 15) is 4.79 Å². The van der Waals surface area contributed by atoms with Crippen molar-refractivity contribution in [2.45, 2.75) is 0 Å². The highest BCUT2D eigenvalue weighted by Gasteiger charge is 2.07. The van der Waals surface area contributed by atoms with Crippen LogP contribution in [0.1, 0.15) is 10.4 Å². The quantitative estimate of drug-likeness (QED) is 0.845. The zero-order valence-electron chi connectivity index (χ0n) is 9.19. The van der Waals surface area contributed by atoms with Gasteiger partial charge in [0.15, 0.2) is 5.78 Å². The molecule has 2 N–H and O–H groups in total. The van der Waals surface area contributed by atoms with Gasteiger partial charge in [0.1, 0.15) is 0 Å². The van der Waals surface area contributed by atoms with Crippen LogP contribution in [0.3, 0.4) is 0 Å². The Morgan fingerprint density at radius 2 is 1.88 bits per heavy atom. The van der Waals surface area contributed by atoms with Gasteiger partial charge in [-0.05, 0) is 17.7 Å². The number of benzene rings is 2. The highest BCUT2D eigenvalue weighted by atomic mass is 35.5. The molecule has 0 aliphatic rings. The third-order valence-corrected chi connectivity index (χ3v) is 2.88. The molecule has 0 atom stereocenters. The maximum absolute atomic E-state index is 11.5. The van der Waals surface area contributed by atoms with Crippen LogP contribution < -0.4 is 5.73 Å². The van der Waals surface area contributed by atoms with Crippen LogP contribution in [0, 0.1) is 0 Å². The summed E-state index contributed by atoms with van der Waals surface area (Å²) < 4.78 is 0. The second kappa shape index (κ2) is 5.13. The fourth-order valence-electron chi connectivity index (χ4n) is 1.67. The molecule has 0 spiro atoms. The Bertz CT molecular complexity index is 551. The molecule has 17 heavy (non-hydrogen) atoms. The molecular weight excluding hydrogens is 234 g/mol. The third kappa shape index (κ3) is 2.54. The van der Waals surface area contributed by atoms with Crippen molar-refractivity contribution in [2.75, 3.05) is 6.54 Å². The van der Waals surface area contributed by atoms with Gasteiger partial charge < -0.3 is 5.73 Å². The van der Waals surface area contributed by atoms with E-state index in [2.05, 4.69) is 0 Å². The fraction of sp³-hybridized carbons (Fsp3) is 0.0714. The molecule has 0 aliphatic carbocycles. The number of nitrogens with two attached hydrogens (primary N) is 1. The Morgan fingerprint density at radius 1 is 1.12 bits per heavy atom. The largest absolute Gasteiger partial charge is 0.324 e. The molecule has 0 unspecified atom stereocenters. The number of carbonyl (C=O) groups excluding carboxylic acids is 1. The van der Waals surface area contributed by atoms with Crippen LogP contribution in [0.5, 0.6) is 0 Å². The first-order chi connectivity index (χ1) is 8.22. The summed E-state index contributed by atoms with van der Waals surface area (Å²) in [6.07, 6.45) is 0. The van der Waals surface area contributed by atoms with Crippen molar-refractivity contribution in [3.63, 3.8) is 0 Å². The Morgan fingerprint density at radius 3 is 2.59 bits per heavy atom. The Hall–Kier alpha value is -1.64. The Kier molecular flexibility index (Phi) is 3.57. The topological polar surface area (TPSA) is 43.1 Å². The highest BCUT2D eigenvalue weighted by molar-refractivity contribution is 6.33. The Balaban J connectivity index is 2.47. The van der Waals surface area contributed by atoms with E-state index in [0.717, 1.165) is 11.1 Å². The summed E-state index contributed by atoms with van der Waals surface area (Å²) in [5.74, 6) is -0.0705. The van der Waals surface area contributed by atoms with E-state index in [4.69, 9.17) is 17.3 Å². The highest BCUT2D eigenvalue weighted by Crippen LogP contribution is 2.27. The van der Waals surface area contributed by atoms with Crippen molar-refractivity contribution in [1.29, 1.82) is 0 Å². The molecular formula is C14H12ClNO. The second-order valence-electron chi connectivity index (χ2n) is 3.69. The standard InChI is InChI=1S/C14H12ClNO/c15-13-7-2-1-6-12(13)10-4-3-5-11(8-10)14(17)9-16/h1-8H,9,16H2. The van der Waals surface area contributed by atoms with Gasteiger partial charge in [0, 0.05) is 16.1 Å². The van der Waals surface area contributed by atoms with Gasteiger partial charge in [-0.1, -0.05) is 48.0 Å². The van der Waals surface area contributed by atoms with Crippen molar-refractivity contribution in [1.82, 2.24) is 0 Å². The molecule has 0 saturated heterocycles. The molecule has 86 valence electrons. The van der Waals surface area contributed by atoms with Gasteiger partial charge in [-0.15, -0.1) is 0 Å².